The molecule has 28 heavy (non-hydrogen) atoms. The highest BCUT2D eigenvalue weighted by Crippen LogP contribution is 2.30. The van der Waals surface area contributed by atoms with Crippen molar-refractivity contribution in [2.45, 2.75) is 6.92 Å². The van der Waals surface area contributed by atoms with Gasteiger partial charge in [0.05, 0.1) is 27.9 Å². The number of esters is 1. The van der Waals surface area contributed by atoms with Crippen LogP contribution in [0.25, 0.3) is 6.08 Å². The van der Waals surface area contributed by atoms with E-state index in [1.54, 1.807) is 57.7 Å². The fraction of sp³-hybridized carbons (Fsp3) is 0.238. The Balaban J connectivity index is 1.94. The standard InChI is InChI=1S/C21H21NO6/c1-5-27-18-7-6-13(9-19(18)26-4)8-17-21(23)28-20(22-17)14-10-15(24-2)12-16(11-14)25-3/h6-12H,5H2,1-4H3/b17-8-. The maximum atomic E-state index is 12.3. The van der Waals surface area contributed by atoms with Crippen molar-refractivity contribution >= 4 is 17.9 Å². The average molecular weight is 383 g/mol. The summed E-state index contributed by atoms with van der Waals surface area (Å²) in [5.74, 6) is 2.00. The van der Waals surface area contributed by atoms with E-state index in [2.05, 4.69) is 4.99 Å². The predicted octanol–water partition coefficient (Wildman–Crippen LogP) is 3.46. The minimum atomic E-state index is -0.537. The average Bonchev–Trinajstić information content (AvgIpc) is 3.09. The fourth-order valence-corrected chi connectivity index (χ4v) is 2.67. The molecule has 0 spiro atoms. The molecule has 146 valence electrons. The van der Waals surface area contributed by atoms with Crippen molar-refractivity contribution in [3.05, 3.63) is 53.2 Å². The van der Waals surface area contributed by atoms with Crippen LogP contribution in [0, 0.1) is 0 Å². The Morgan fingerprint density at radius 1 is 0.964 bits per heavy atom. The van der Waals surface area contributed by atoms with Crippen molar-refractivity contribution < 1.29 is 28.5 Å². The second-order valence-corrected chi connectivity index (χ2v) is 5.78. The van der Waals surface area contributed by atoms with E-state index in [1.165, 1.54) is 0 Å². The van der Waals surface area contributed by atoms with Gasteiger partial charge in [-0.25, -0.2) is 9.79 Å². The molecule has 7 heteroatoms. The molecule has 0 fully saturated rings. The number of carbonyl (C=O) groups excluding carboxylic acids is 1. The lowest BCUT2D eigenvalue weighted by Gasteiger charge is -2.09. The SMILES string of the molecule is CCOc1ccc(/C=C2\N=C(c3cc(OC)cc(OC)c3)OC2=O)cc1OC. The van der Waals surface area contributed by atoms with Crippen molar-refractivity contribution in [1.82, 2.24) is 0 Å². The van der Waals surface area contributed by atoms with Gasteiger partial charge >= 0.3 is 5.97 Å². The van der Waals surface area contributed by atoms with Crippen molar-refractivity contribution in [2.24, 2.45) is 4.99 Å². The first-order chi connectivity index (χ1) is 13.6. The molecule has 0 radical (unpaired) electrons. The zero-order chi connectivity index (χ0) is 20.1. The first-order valence-corrected chi connectivity index (χ1v) is 8.64. The van der Waals surface area contributed by atoms with Gasteiger partial charge in [0.15, 0.2) is 17.2 Å². The first kappa shape index (κ1) is 19.3. The highest BCUT2D eigenvalue weighted by molar-refractivity contribution is 6.13. The lowest BCUT2D eigenvalue weighted by molar-refractivity contribution is -0.129. The van der Waals surface area contributed by atoms with Crippen LogP contribution < -0.4 is 18.9 Å². The second kappa shape index (κ2) is 8.47. The first-order valence-electron chi connectivity index (χ1n) is 8.64. The second-order valence-electron chi connectivity index (χ2n) is 5.78. The molecule has 0 amide bonds. The van der Waals surface area contributed by atoms with E-state index in [4.69, 9.17) is 23.7 Å². The van der Waals surface area contributed by atoms with Crippen molar-refractivity contribution in [3.63, 3.8) is 0 Å². The van der Waals surface area contributed by atoms with Gasteiger partial charge in [0.25, 0.3) is 0 Å². The minimum Gasteiger partial charge on any atom is -0.497 e. The highest BCUT2D eigenvalue weighted by atomic mass is 16.6. The summed E-state index contributed by atoms with van der Waals surface area (Å²) in [5, 5.41) is 0. The summed E-state index contributed by atoms with van der Waals surface area (Å²) < 4.78 is 26.7. The third-order valence-electron chi connectivity index (χ3n) is 4.01. The van der Waals surface area contributed by atoms with Gasteiger partial charge in [0.2, 0.25) is 5.90 Å². The zero-order valence-corrected chi connectivity index (χ0v) is 16.1. The molecule has 0 aromatic heterocycles. The molecule has 0 saturated carbocycles. The number of hydrogen-bond donors (Lipinski definition) is 0. The number of benzene rings is 2. The maximum absolute atomic E-state index is 12.3. The lowest BCUT2D eigenvalue weighted by atomic mass is 10.1. The number of cyclic esters (lactones) is 1. The summed E-state index contributed by atoms with van der Waals surface area (Å²) in [6.07, 6.45) is 1.63. The van der Waals surface area contributed by atoms with E-state index in [-0.39, 0.29) is 11.6 Å². The predicted molar refractivity (Wildman–Crippen MR) is 104 cm³/mol. The van der Waals surface area contributed by atoms with Crippen molar-refractivity contribution in [1.29, 1.82) is 0 Å². The minimum absolute atomic E-state index is 0.183. The highest BCUT2D eigenvalue weighted by Gasteiger charge is 2.25. The summed E-state index contributed by atoms with van der Waals surface area (Å²) in [5.41, 5.74) is 1.50. The Hall–Kier alpha value is -3.48. The van der Waals surface area contributed by atoms with Crippen LogP contribution in [0.1, 0.15) is 18.1 Å². The monoisotopic (exact) mass is 383 g/mol. The third-order valence-corrected chi connectivity index (χ3v) is 4.01. The van der Waals surface area contributed by atoms with Crippen LogP contribution in [-0.4, -0.2) is 39.8 Å². The Bertz CT molecular complexity index is 926. The largest absolute Gasteiger partial charge is 0.497 e. The van der Waals surface area contributed by atoms with Gasteiger partial charge in [-0.2, -0.15) is 0 Å². The number of nitrogens with zero attached hydrogens (tertiary/aromatic N) is 1. The Labute approximate surface area is 163 Å². The van der Waals surface area contributed by atoms with Gasteiger partial charge in [0.1, 0.15) is 11.5 Å². The third kappa shape index (κ3) is 4.09. The lowest BCUT2D eigenvalue weighted by Crippen LogP contribution is -2.06. The molecule has 0 aliphatic carbocycles. The molecule has 0 unspecified atom stereocenters. The molecule has 2 aromatic carbocycles. The summed E-state index contributed by atoms with van der Waals surface area (Å²) in [7, 11) is 4.66. The van der Waals surface area contributed by atoms with Crippen molar-refractivity contribution in [3.8, 4) is 23.0 Å². The summed E-state index contributed by atoms with van der Waals surface area (Å²) >= 11 is 0. The molecule has 0 bridgehead atoms. The molecule has 0 saturated heterocycles. The Morgan fingerprint density at radius 3 is 2.29 bits per heavy atom. The van der Waals surface area contributed by atoms with Gasteiger partial charge in [0, 0.05) is 11.6 Å². The number of hydrogen-bond acceptors (Lipinski definition) is 7. The van der Waals surface area contributed by atoms with Crippen LogP contribution in [0.5, 0.6) is 23.0 Å². The summed E-state index contributed by atoms with van der Waals surface area (Å²) in [6.45, 7) is 2.43. The van der Waals surface area contributed by atoms with Crippen molar-refractivity contribution in [2.75, 3.05) is 27.9 Å². The van der Waals surface area contributed by atoms with Crippen LogP contribution in [0.2, 0.25) is 0 Å². The molecule has 1 heterocycles. The van der Waals surface area contributed by atoms with E-state index < -0.39 is 5.97 Å². The fourth-order valence-electron chi connectivity index (χ4n) is 2.67. The van der Waals surface area contributed by atoms with Gasteiger partial charge in [-0.3, -0.25) is 0 Å². The molecule has 1 aliphatic heterocycles. The topological polar surface area (TPSA) is 75.6 Å². The van der Waals surface area contributed by atoms with Gasteiger partial charge in [-0.1, -0.05) is 6.07 Å². The Morgan fingerprint density at radius 2 is 1.68 bits per heavy atom. The van der Waals surface area contributed by atoms with E-state index in [0.29, 0.717) is 35.2 Å². The van der Waals surface area contributed by atoms with E-state index >= 15 is 0 Å². The molecule has 7 nitrogen and oxygen atoms in total. The van der Waals surface area contributed by atoms with E-state index in [9.17, 15) is 4.79 Å². The molecular formula is C21H21NO6. The number of carbonyl (C=O) groups is 1. The van der Waals surface area contributed by atoms with Crippen LogP contribution in [0.3, 0.4) is 0 Å². The smallest absolute Gasteiger partial charge is 0.363 e. The van der Waals surface area contributed by atoms with Crippen LogP contribution in [0.4, 0.5) is 0 Å². The van der Waals surface area contributed by atoms with E-state index in [1.807, 2.05) is 13.0 Å². The molecule has 3 rings (SSSR count). The van der Waals surface area contributed by atoms with Gasteiger partial charge in [-0.15, -0.1) is 0 Å². The van der Waals surface area contributed by atoms with Gasteiger partial charge in [-0.05, 0) is 42.8 Å². The molecule has 2 aromatic rings. The quantitative estimate of drug-likeness (QED) is 0.538. The van der Waals surface area contributed by atoms with Crippen LogP contribution >= 0.6 is 0 Å². The molecule has 0 N–H and O–H groups in total. The summed E-state index contributed by atoms with van der Waals surface area (Å²) in [4.78, 5) is 16.6. The molecule has 0 atom stereocenters. The number of methoxy groups -OCH3 is 3. The molecule has 1 aliphatic rings. The summed E-state index contributed by atoms with van der Waals surface area (Å²) in [6, 6.07) is 10.5. The normalized spacial score (nSPS) is 14.5. The van der Waals surface area contributed by atoms with Gasteiger partial charge < -0.3 is 23.7 Å². The Kier molecular flexibility index (Phi) is 5.84. The van der Waals surface area contributed by atoms with Crippen LogP contribution in [0.15, 0.2) is 47.1 Å². The number of rotatable bonds is 7. The zero-order valence-electron chi connectivity index (χ0n) is 16.1. The van der Waals surface area contributed by atoms with E-state index in [0.717, 1.165) is 5.56 Å². The number of aliphatic imine (C=N–C) groups is 1. The molecular weight excluding hydrogens is 362 g/mol. The number of ether oxygens (including phenoxy) is 5. The maximum Gasteiger partial charge on any atom is 0.363 e. The van der Waals surface area contributed by atoms with Crippen LogP contribution in [-0.2, 0) is 9.53 Å².